The van der Waals surface area contributed by atoms with Crippen LogP contribution in [0, 0.1) is 6.92 Å². The van der Waals surface area contributed by atoms with Gasteiger partial charge in [0.2, 0.25) is 5.95 Å². The van der Waals surface area contributed by atoms with E-state index in [-0.39, 0.29) is 0 Å². The minimum absolute atomic E-state index is 0.567. The lowest BCUT2D eigenvalue weighted by molar-refractivity contribution is 0.122. The summed E-state index contributed by atoms with van der Waals surface area (Å²) in [6.07, 6.45) is 2.76. The van der Waals surface area contributed by atoms with Gasteiger partial charge < -0.3 is 24.7 Å². The number of aromatic nitrogens is 2. The van der Waals surface area contributed by atoms with Crippen molar-refractivity contribution in [1.29, 1.82) is 0 Å². The molecular weight excluding hydrogens is 366 g/mol. The Morgan fingerprint density at radius 3 is 2.76 bits per heavy atom. The molecule has 5 rings (SSSR count). The van der Waals surface area contributed by atoms with Crippen LogP contribution in [0.3, 0.4) is 0 Å². The van der Waals surface area contributed by atoms with Gasteiger partial charge >= 0.3 is 0 Å². The number of nitrogens with zero attached hydrogens (tertiary/aromatic N) is 3. The molecule has 2 aromatic heterocycles. The van der Waals surface area contributed by atoms with Crippen molar-refractivity contribution in [2.45, 2.75) is 19.9 Å². The lowest BCUT2D eigenvalue weighted by Crippen LogP contribution is -2.36. The van der Waals surface area contributed by atoms with Crippen molar-refractivity contribution in [3.05, 3.63) is 53.4 Å². The fourth-order valence-corrected chi connectivity index (χ4v) is 3.83. The average Bonchev–Trinajstić information content (AvgIpc) is 3.20. The van der Waals surface area contributed by atoms with Crippen molar-refractivity contribution in [2.75, 3.05) is 43.1 Å². The van der Waals surface area contributed by atoms with E-state index < -0.39 is 0 Å². The number of fused-ring (bicyclic) bond motifs is 1. The Labute approximate surface area is 170 Å². The second kappa shape index (κ2) is 7.85. The minimum atomic E-state index is 0.567. The van der Waals surface area contributed by atoms with Crippen molar-refractivity contribution >= 4 is 17.3 Å². The van der Waals surface area contributed by atoms with E-state index in [2.05, 4.69) is 50.8 Å². The van der Waals surface area contributed by atoms with Gasteiger partial charge in [0.05, 0.1) is 13.2 Å². The van der Waals surface area contributed by atoms with E-state index in [1.807, 2.05) is 13.1 Å². The van der Waals surface area contributed by atoms with Crippen LogP contribution in [-0.4, -0.2) is 42.8 Å². The van der Waals surface area contributed by atoms with Crippen LogP contribution in [0.2, 0.25) is 0 Å². The molecule has 0 unspecified atom stereocenters. The van der Waals surface area contributed by atoms with Gasteiger partial charge in [0.1, 0.15) is 11.5 Å². The molecule has 4 heterocycles. The van der Waals surface area contributed by atoms with Crippen LogP contribution < -0.4 is 15.5 Å². The maximum Gasteiger partial charge on any atom is 0.227 e. The zero-order chi connectivity index (χ0) is 19.6. The molecule has 2 aliphatic rings. The summed E-state index contributed by atoms with van der Waals surface area (Å²) in [7, 11) is 0. The molecule has 2 aliphatic heterocycles. The van der Waals surface area contributed by atoms with Gasteiger partial charge in [-0.2, -0.15) is 0 Å². The maximum absolute atomic E-state index is 6.09. The Balaban J connectivity index is 1.35. The number of aryl methyl sites for hydroxylation is 1. The molecule has 3 aromatic rings. The summed E-state index contributed by atoms with van der Waals surface area (Å²) >= 11 is 0. The van der Waals surface area contributed by atoms with E-state index in [1.165, 1.54) is 11.3 Å². The maximum atomic E-state index is 6.09. The summed E-state index contributed by atoms with van der Waals surface area (Å²) in [5.41, 5.74) is 5.22. The molecular formula is C22H25N5O2. The summed E-state index contributed by atoms with van der Waals surface area (Å²) in [5.74, 6) is 2.44. The van der Waals surface area contributed by atoms with Gasteiger partial charge in [0.25, 0.3) is 0 Å². The van der Waals surface area contributed by atoms with Gasteiger partial charge in [-0.3, -0.25) is 0 Å². The topological polar surface area (TPSA) is 75.5 Å². The summed E-state index contributed by atoms with van der Waals surface area (Å²) in [6.45, 7) is 7.24. The molecule has 0 saturated carbocycles. The monoisotopic (exact) mass is 391 g/mol. The number of nitrogens with one attached hydrogen (secondary N) is 2. The molecule has 0 atom stereocenters. The first-order valence-corrected chi connectivity index (χ1v) is 10.1. The standard InChI is InChI=1S/C22H25N5O2/c1-15-13-24-22(26-21(15)20-12-16-14-23-7-6-19(16)29-20)25-17-2-4-18(5-3-17)27-8-10-28-11-9-27/h2-5,12-13,23H,6-11,14H2,1H3,(H,24,25,26). The zero-order valence-electron chi connectivity index (χ0n) is 16.6. The summed E-state index contributed by atoms with van der Waals surface area (Å²) in [6, 6.07) is 10.5. The molecule has 29 heavy (non-hydrogen) atoms. The van der Waals surface area contributed by atoms with Crippen molar-refractivity contribution in [3.63, 3.8) is 0 Å². The number of anilines is 3. The molecule has 1 fully saturated rings. The first-order chi connectivity index (χ1) is 14.3. The Bertz CT molecular complexity index is 969. The van der Waals surface area contributed by atoms with Gasteiger partial charge in [-0.15, -0.1) is 0 Å². The number of rotatable bonds is 4. The largest absolute Gasteiger partial charge is 0.459 e. The molecule has 2 N–H and O–H groups in total. The predicted octanol–water partition coefficient (Wildman–Crippen LogP) is 3.27. The first-order valence-electron chi connectivity index (χ1n) is 10.1. The van der Waals surface area contributed by atoms with Gasteiger partial charge in [0.15, 0.2) is 5.76 Å². The van der Waals surface area contributed by atoms with Gasteiger partial charge in [-0.05, 0) is 42.8 Å². The zero-order valence-corrected chi connectivity index (χ0v) is 16.6. The van der Waals surface area contributed by atoms with Crippen LogP contribution in [0.4, 0.5) is 17.3 Å². The third-order valence-electron chi connectivity index (χ3n) is 5.45. The highest BCUT2D eigenvalue weighted by atomic mass is 16.5. The van der Waals surface area contributed by atoms with Crippen LogP contribution in [0.1, 0.15) is 16.9 Å². The fourth-order valence-electron chi connectivity index (χ4n) is 3.83. The van der Waals surface area contributed by atoms with Crippen LogP contribution >= 0.6 is 0 Å². The quantitative estimate of drug-likeness (QED) is 0.707. The Morgan fingerprint density at radius 2 is 1.97 bits per heavy atom. The van der Waals surface area contributed by atoms with Crippen LogP contribution in [0.15, 0.2) is 40.9 Å². The third kappa shape index (κ3) is 3.83. The molecule has 1 saturated heterocycles. The van der Waals surface area contributed by atoms with Crippen molar-refractivity contribution in [1.82, 2.24) is 15.3 Å². The highest BCUT2D eigenvalue weighted by Crippen LogP contribution is 2.29. The van der Waals surface area contributed by atoms with Crippen molar-refractivity contribution < 1.29 is 9.15 Å². The van der Waals surface area contributed by atoms with E-state index in [4.69, 9.17) is 14.1 Å². The highest BCUT2D eigenvalue weighted by Gasteiger charge is 2.18. The van der Waals surface area contributed by atoms with Crippen LogP contribution in [0.25, 0.3) is 11.5 Å². The number of morpholine rings is 1. The van der Waals surface area contributed by atoms with E-state index in [9.17, 15) is 0 Å². The second-order valence-electron chi connectivity index (χ2n) is 7.48. The van der Waals surface area contributed by atoms with Gasteiger partial charge in [-0.1, -0.05) is 0 Å². The Hall–Kier alpha value is -2.90. The summed E-state index contributed by atoms with van der Waals surface area (Å²) < 4.78 is 11.5. The SMILES string of the molecule is Cc1cnc(Nc2ccc(N3CCOCC3)cc2)nc1-c1cc2c(o1)CCNC2. The third-order valence-corrected chi connectivity index (χ3v) is 5.45. The lowest BCUT2D eigenvalue weighted by atomic mass is 10.1. The van der Waals surface area contributed by atoms with E-state index in [0.717, 1.165) is 74.3 Å². The Kier molecular flexibility index (Phi) is 4.91. The molecule has 0 amide bonds. The molecule has 0 bridgehead atoms. The fraction of sp³-hybridized carbons (Fsp3) is 0.364. The number of benzene rings is 1. The average molecular weight is 391 g/mol. The summed E-state index contributed by atoms with van der Waals surface area (Å²) in [5, 5.41) is 6.69. The van der Waals surface area contributed by atoms with Crippen LogP contribution in [-0.2, 0) is 17.7 Å². The number of hydrogen-bond donors (Lipinski definition) is 2. The number of furan rings is 1. The lowest BCUT2D eigenvalue weighted by Gasteiger charge is -2.28. The summed E-state index contributed by atoms with van der Waals surface area (Å²) in [4.78, 5) is 11.5. The second-order valence-corrected chi connectivity index (χ2v) is 7.48. The van der Waals surface area contributed by atoms with E-state index in [0.29, 0.717) is 5.95 Å². The van der Waals surface area contributed by atoms with Gasteiger partial charge in [0, 0.05) is 55.7 Å². The highest BCUT2D eigenvalue weighted by molar-refractivity contribution is 5.63. The van der Waals surface area contributed by atoms with E-state index in [1.54, 1.807) is 0 Å². The molecule has 0 aliphatic carbocycles. The van der Waals surface area contributed by atoms with Gasteiger partial charge in [-0.25, -0.2) is 9.97 Å². The normalized spacial score (nSPS) is 16.5. The minimum Gasteiger partial charge on any atom is -0.459 e. The smallest absolute Gasteiger partial charge is 0.227 e. The molecule has 150 valence electrons. The van der Waals surface area contributed by atoms with E-state index >= 15 is 0 Å². The molecule has 0 spiro atoms. The molecule has 7 nitrogen and oxygen atoms in total. The van der Waals surface area contributed by atoms with Crippen LogP contribution in [0.5, 0.6) is 0 Å². The Morgan fingerprint density at radius 1 is 1.14 bits per heavy atom. The first kappa shape index (κ1) is 18.1. The van der Waals surface area contributed by atoms with Crippen molar-refractivity contribution in [3.8, 4) is 11.5 Å². The predicted molar refractivity (Wildman–Crippen MR) is 113 cm³/mol. The van der Waals surface area contributed by atoms with Crippen molar-refractivity contribution in [2.24, 2.45) is 0 Å². The molecule has 0 radical (unpaired) electrons. The number of ether oxygens (including phenoxy) is 1. The number of hydrogen-bond acceptors (Lipinski definition) is 7. The molecule has 1 aromatic carbocycles. The molecule has 7 heteroatoms.